The summed E-state index contributed by atoms with van der Waals surface area (Å²) in [6.45, 7) is 4.19. The van der Waals surface area contributed by atoms with Gasteiger partial charge in [0, 0.05) is 6.54 Å². The van der Waals surface area contributed by atoms with Crippen molar-refractivity contribution in [2.75, 3.05) is 0 Å². The lowest BCUT2D eigenvalue weighted by molar-refractivity contribution is 0.122. The molecule has 4 N–H and O–H groups in total. The van der Waals surface area contributed by atoms with Gasteiger partial charge in [0.05, 0.1) is 34.2 Å². The van der Waals surface area contributed by atoms with Crippen molar-refractivity contribution >= 4 is 34.3 Å². The number of hydrogen-bond donors (Lipinski definition) is 4. The number of benzene rings is 4. The Hall–Kier alpha value is -5.64. The van der Waals surface area contributed by atoms with E-state index >= 15 is 0 Å². The van der Waals surface area contributed by atoms with Gasteiger partial charge in [-0.1, -0.05) is 72.8 Å². The van der Waals surface area contributed by atoms with E-state index in [0.717, 1.165) is 57.2 Å². The third kappa shape index (κ3) is 7.18. The summed E-state index contributed by atoms with van der Waals surface area (Å²) in [6.07, 6.45) is 0.134. The van der Waals surface area contributed by atoms with Gasteiger partial charge in [-0.15, -0.1) is 0 Å². The minimum atomic E-state index is -0.995. The predicted molar refractivity (Wildman–Crippen MR) is 176 cm³/mol. The molecule has 0 radical (unpaired) electrons. The van der Waals surface area contributed by atoms with Gasteiger partial charge in [0.2, 0.25) is 0 Å². The Morgan fingerprint density at radius 2 is 1.30 bits per heavy atom. The van der Waals surface area contributed by atoms with Crippen molar-refractivity contribution in [1.82, 2.24) is 30.2 Å². The van der Waals surface area contributed by atoms with Crippen LogP contribution in [0.2, 0.25) is 0 Å². The fourth-order valence-electron chi connectivity index (χ4n) is 5.46. The molecular weight excluding hydrogens is 580 g/mol. The average molecular weight is 617 g/mol. The number of alkyl carbamates (subject to hydrolysis) is 1. The van der Waals surface area contributed by atoms with Crippen LogP contribution in [-0.4, -0.2) is 42.1 Å². The van der Waals surface area contributed by atoms with Crippen molar-refractivity contribution in [1.29, 1.82) is 0 Å². The number of imidazole rings is 2. The van der Waals surface area contributed by atoms with Gasteiger partial charge in [-0.05, 0) is 73.2 Å². The SMILES string of the molecule is CC(NC(=O)OCc1ccccc1)c1nc2ccc(CCc3ccc4nc([C@H](C)N(Cc5ccccc5)C(=O)O)[nH]c4c3)cc2[nH]1. The number of aromatic amines is 2. The zero-order chi connectivity index (χ0) is 32.0. The molecule has 2 atom stereocenters. The molecule has 2 aromatic heterocycles. The molecule has 0 fully saturated rings. The molecule has 6 rings (SSSR count). The molecule has 0 bridgehead atoms. The van der Waals surface area contributed by atoms with Gasteiger partial charge < -0.3 is 25.1 Å². The van der Waals surface area contributed by atoms with Crippen molar-refractivity contribution < 1.29 is 19.4 Å². The summed E-state index contributed by atoms with van der Waals surface area (Å²) in [7, 11) is 0. The van der Waals surface area contributed by atoms with Crippen LogP contribution in [0.5, 0.6) is 0 Å². The van der Waals surface area contributed by atoms with Crippen LogP contribution in [0.15, 0.2) is 97.1 Å². The van der Waals surface area contributed by atoms with Crippen molar-refractivity contribution in [3.63, 3.8) is 0 Å². The number of carbonyl (C=O) groups excluding carboxylic acids is 1. The first kappa shape index (κ1) is 30.4. The van der Waals surface area contributed by atoms with Crippen LogP contribution in [-0.2, 0) is 30.7 Å². The van der Waals surface area contributed by atoms with Crippen LogP contribution in [0.1, 0.15) is 59.8 Å². The van der Waals surface area contributed by atoms with Crippen molar-refractivity contribution in [2.45, 2.75) is 51.9 Å². The third-order valence-electron chi connectivity index (χ3n) is 8.09. The summed E-state index contributed by atoms with van der Waals surface area (Å²) in [4.78, 5) is 41.9. The normalized spacial score (nSPS) is 12.6. The number of fused-ring (bicyclic) bond motifs is 2. The van der Waals surface area contributed by atoms with Crippen LogP contribution < -0.4 is 5.32 Å². The second-order valence-electron chi connectivity index (χ2n) is 11.4. The lowest BCUT2D eigenvalue weighted by atomic mass is 10.0. The fourth-order valence-corrected chi connectivity index (χ4v) is 5.46. The Morgan fingerprint density at radius 1 is 0.761 bits per heavy atom. The van der Waals surface area contributed by atoms with E-state index in [0.29, 0.717) is 11.6 Å². The molecule has 10 heteroatoms. The number of nitrogens with one attached hydrogen (secondary N) is 3. The number of aromatic nitrogens is 4. The topological polar surface area (TPSA) is 136 Å². The number of amides is 2. The van der Waals surface area contributed by atoms with Crippen LogP contribution in [0, 0.1) is 0 Å². The second kappa shape index (κ2) is 13.6. The Labute approximate surface area is 266 Å². The zero-order valence-corrected chi connectivity index (χ0v) is 25.7. The minimum absolute atomic E-state index is 0.203. The number of hydrogen-bond acceptors (Lipinski definition) is 5. The van der Waals surface area contributed by atoms with Gasteiger partial charge in [-0.25, -0.2) is 19.6 Å². The zero-order valence-electron chi connectivity index (χ0n) is 25.7. The summed E-state index contributed by atoms with van der Waals surface area (Å²) in [5, 5.41) is 12.7. The van der Waals surface area contributed by atoms with Gasteiger partial charge >= 0.3 is 12.2 Å². The van der Waals surface area contributed by atoms with Crippen molar-refractivity contribution in [2.24, 2.45) is 0 Å². The van der Waals surface area contributed by atoms with E-state index in [4.69, 9.17) is 9.72 Å². The molecule has 0 spiro atoms. The van der Waals surface area contributed by atoms with Crippen LogP contribution in [0.25, 0.3) is 22.1 Å². The molecule has 2 heterocycles. The molecule has 1 unspecified atom stereocenters. The van der Waals surface area contributed by atoms with E-state index in [9.17, 15) is 14.7 Å². The maximum atomic E-state index is 12.3. The largest absolute Gasteiger partial charge is 0.465 e. The van der Waals surface area contributed by atoms with Crippen molar-refractivity contribution in [3.8, 4) is 0 Å². The van der Waals surface area contributed by atoms with Gasteiger partial charge in [0.15, 0.2) is 0 Å². The lowest BCUT2D eigenvalue weighted by Crippen LogP contribution is -2.32. The maximum absolute atomic E-state index is 12.3. The molecule has 6 aromatic rings. The molecule has 10 nitrogen and oxygen atoms in total. The highest BCUT2D eigenvalue weighted by molar-refractivity contribution is 5.77. The first-order chi connectivity index (χ1) is 22.3. The number of carboxylic acid groups (broad SMARTS) is 1. The number of aryl methyl sites for hydroxylation is 2. The van der Waals surface area contributed by atoms with E-state index in [2.05, 4.69) is 44.5 Å². The Morgan fingerprint density at radius 3 is 1.89 bits per heavy atom. The molecule has 46 heavy (non-hydrogen) atoms. The summed E-state index contributed by atoms with van der Waals surface area (Å²) in [5.74, 6) is 1.27. The maximum Gasteiger partial charge on any atom is 0.408 e. The molecule has 0 saturated carbocycles. The highest BCUT2D eigenvalue weighted by Crippen LogP contribution is 2.25. The molecular formula is C36H36N6O4. The molecule has 234 valence electrons. The standard InChI is InChI=1S/C36H36N6O4/c1-23(37-35(43)46-22-28-11-7-4-8-12-28)33-38-29-17-15-25(19-31(29)40-33)13-14-26-16-18-30-32(20-26)41-34(39-30)24(2)42(36(44)45)21-27-9-5-3-6-10-27/h3-12,15-20,23-24H,13-14,21-22H2,1-2H3,(H,37,43)(H,38,40)(H,39,41)(H,44,45)/t23?,24-/m0/s1. The summed E-state index contributed by atoms with van der Waals surface area (Å²) in [5.41, 5.74) is 7.55. The predicted octanol–water partition coefficient (Wildman–Crippen LogP) is 7.45. The summed E-state index contributed by atoms with van der Waals surface area (Å²) < 4.78 is 5.35. The number of carbonyl (C=O) groups is 2. The number of H-pyrrole nitrogens is 2. The van der Waals surface area contributed by atoms with Gasteiger partial charge in [0.25, 0.3) is 0 Å². The number of ether oxygens (including phenoxy) is 1. The first-order valence-electron chi connectivity index (χ1n) is 15.3. The summed E-state index contributed by atoms with van der Waals surface area (Å²) >= 11 is 0. The van der Waals surface area contributed by atoms with E-state index in [1.807, 2.05) is 86.6 Å². The first-order valence-corrected chi connectivity index (χ1v) is 15.3. The summed E-state index contributed by atoms with van der Waals surface area (Å²) in [6, 6.07) is 30.6. The highest BCUT2D eigenvalue weighted by Gasteiger charge is 2.24. The molecule has 0 aliphatic rings. The Kier molecular flexibility index (Phi) is 8.96. The quantitative estimate of drug-likeness (QED) is 0.119. The van der Waals surface area contributed by atoms with Crippen LogP contribution in [0.4, 0.5) is 9.59 Å². The van der Waals surface area contributed by atoms with E-state index in [-0.39, 0.29) is 19.2 Å². The Bertz CT molecular complexity index is 1950. The van der Waals surface area contributed by atoms with E-state index in [1.54, 1.807) is 0 Å². The molecule has 2 amide bonds. The minimum Gasteiger partial charge on any atom is -0.465 e. The molecule has 0 saturated heterocycles. The highest BCUT2D eigenvalue weighted by atomic mass is 16.5. The Balaban J connectivity index is 1.07. The monoisotopic (exact) mass is 616 g/mol. The van der Waals surface area contributed by atoms with Crippen LogP contribution in [0.3, 0.4) is 0 Å². The average Bonchev–Trinajstić information content (AvgIpc) is 3.70. The molecule has 0 aliphatic heterocycles. The van der Waals surface area contributed by atoms with E-state index in [1.165, 1.54) is 4.90 Å². The lowest BCUT2D eigenvalue weighted by Gasteiger charge is -2.25. The van der Waals surface area contributed by atoms with E-state index < -0.39 is 18.2 Å². The van der Waals surface area contributed by atoms with Gasteiger partial charge in [0.1, 0.15) is 18.3 Å². The van der Waals surface area contributed by atoms with Crippen molar-refractivity contribution in [3.05, 3.63) is 131 Å². The second-order valence-corrected chi connectivity index (χ2v) is 11.4. The van der Waals surface area contributed by atoms with Gasteiger partial charge in [-0.3, -0.25) is 4.90 Å². The smallest absolute Gasteiger partial charge is 0.408 e. The fraction of sp³-hybridized carbons (Fsp3) is 0.222. The third-order valence-corrected chi connectivity index (χ3v) is 8.09. The number of rotatable bonds is 11. The number of nitrogens with zero attached hydrogens (tertiary/aromatic N) is 3. The van der Waals surface area contributed by atoms with Gasteiger partial charge in [-0.2, -0.15) is 0 Å². The molecule has 0 aliphatic carbocycles. The molecule has 4 aromatic carbocycles. The van der Waals surface area contributed by atoms with Crippen LogP contribution >= 0.6 is 0 Å².